The van der Waals surface area contributed by atoms with Crippen LogP contribution in [0.5, 0.6) is 0 Å². The van der Waals surface area contributed by atoms with E-state index in [0.717, 1.165) is 32.5 Å². The highest BCUT2D eigenvalue weighted by Gasteiger charge is 2.52. The highest BCUT2D eigenvalue weighted by atomic mass is 32.2. The quantitative estimate of drug-likeness (QED) is 0.390. The second kappa shape index (κ2) is 10.9. The maximum absolute atomic E-state index is 11.6. The number of rotatable bonds is 8. The first-order valence-corrected chi connectivity index (χ1v) is 9.26. The first-order valence-electron chi connectivity index (χ1n) is 8.21. The van der Waals surface area contributed by atoms with Gasteiger partial charge in [-0.2, -0.15) is 0 Å². The number of hydrogen-bond acceptors (Lipinski definition) is 11. The van der Waals surface area contributed by atoms with Gasteiger partial charge in [0.25, 0.3) is 0 Å². The number of hydrogen-bond donors (Lipinski definition) is 1. The van der Waals surface area contributed by atoms with Gasteiger partial charge in [0.2, 0.25) is 5.91 Å². The highest BCUT2D eigenvalue weighted by Crippen LogP contribution is 2.34. The Morgan fingerprint density at radius 3 is 1.79 bits per heavy atom. The third-order valence-electron chi connectivity index (χ3n) is 3.34. The fourth-order valence-electron chi connectivity index (χ4n) is 2.49. The van der Waals surface area contributed by atoms with Crippen molar-refractivity contribution in [2.45, 2.75) is 57.5 Å². The molecule has 0 aromatic rings. The SMILES string of the molecule is CC(=O)OC[C@H]1OC(SCC(N)=O)[C@H](OC(C)=O)[C@@H](OC(C)=O)[C@H]1OC(C)=O. The van der Waals surface area contributed by atoms with Crippen molar-refractivity contribution in [3.8, 4) is 0 Å². The Hall–Kier alpha value is -2.34. The van der Waals surface area contributed by atoms with Gasteiger partial charge in [-0.1, -0.05) is 0 Å². The number of nitrogens with two attached hydrogens (primary N) is 1. The molecule has 158 valence electrons. The normalized spacial score (nSPS) is 26.6. The van der Waals surface area contributed by atoms with E-state index < -0.39 is 59.6 Å². The number of thioether (sulfide) groups is 1. The maximum atomic E-state index is 11.6. The number of ether oxygens (including phenoxy) is 5. The summed E-state index contributed by atoms with van der Waals surface area (Å²) in [7, 11) is 0. The molecule has 0 aliphatic carbocycles. The van der Waals surface area contributed by atoms with Gasteiger partial charge >= 0.3 is 23.9 Å². The van der Waals surface area contributed by atoms with Gasteiger partial charge in [0, 0.05) is 27.7 Å². The summed E-state index contributed by atoms with van der Waals surface area (Å²) in [5.41, 5.74) is 4.14. The number of amides is 1. The zero-order valence-corrected chi connectivity index (χ0v) is 16.7. The predicted octanol–water partition coefficient (Wildman–Crippen LogP) is -0.712. The molecule has 1 fully saturated rings. The van der Waals surface area contributed by atoms with E-state index in [9.17, 15) is 24.0 Å². The van der Waals surface area contributed by atoms with Crippen molar-refractivity contribution in [3.63, 3.8) is 0 Å². The summed E-state index contributed by atoms with van der Waals surface area (Å²) >= 11 is 0.899. The van der Waals surface area contributed by atoms with Crippen molar-refractivity contribution in [2.24, 2.45) is 5.73 Å². The Balaban J connectivity index is 3.26. The molecule has 1 rings (SSSR count). The average Bonchev–Trinajstić information content (AvgIpc) is 2.54. The lowest BCUT2D eigenvalue weighted by Crippen LogP contribution is -2.61. The fourth-order valence-corrected chi connectivity index (χ4v) is 3.44. The van der Waals surface area contributed by atoms with Gasteiger partial charge in [0.15, 0.2) is 18.3 Å². The predicted molar refractivity (Wildman–Crippen MR) is 93.6 cm³/mol. The van der Waals surface area contributed by atoms with Crippen LogP contribution in [0, 0.1) is 0 Å². The number of carbonyl (C=O) groups is 5. The van der Waals surface area contributed by atoms with Crippen LogP contribution in [0.1, 0.15) is 27.7 Å². The van der Waals surface area contributed by atoms with E-state index in [2.05, 4.69) is 0 Å². The Morgan fingerprint density at radius 1 is 0.821 bits per heavy atom. The summed E-state index contributed by atoms with van der Waals surface area (Å²) in [6.45, 7) is 4.23. The Labute approximate surface area is 165 Å². The van der Waals surface area contributed by atoms with Gasteiger partial charge in [0.05, 0.1) is 5.75 Å². The van der Waals surface area contributed by atoms with Crippen LogP contribution in [-0.2, 0) is 47.7 Å². The van der Waals surface area contributed by atoms with E-state index in [0.29, 0.717) is 0 Å². The molecule has 2 N–H and O–H groups in total. The molecule has 0 aromatic heterocycles. The van der Waals surface area contributed by atoms with E-state index in [1.54, 1.807) is 0 Å². The molecular weight excluding hydrogens is 398 g/mol. The molecule has 1 aliphatic heterocycles. The lowest BCUT2D eigenvalue weighted by Gasteiger charge is -2.44. The minimum Gasteiger partial charge on any atom is -0.463 e. The van der Waals surface area contributed by atoms with Gasteiger partial charge < -0.3 is 29.4 Å². The third-order valence-corrected chi connectivity index (χ3v) is 4.50. The molecule has 0 bridgehead atoms. The van der Waals surface area contributed by atoms with Crippen LogP contribution in [0.15, 0.2) is 0 Å². The number of esters is 4. The van der Waals surface area contributed by atoms with Crippen molar-refractivity contribution in [2.75, 3.05) is 12.4 Å². The van der Waals surface area contributed by atoms with Gasteiger partial charge in [0.1, 0.15) is 18.1 Å². The van der Waals surface area contributed by atoms with Gasteiger partial charge in [-0.15, -0.1) is 11.8 Å². The molecule has 0 aromatic carbocycles. The summed E-state index contributed by atoms with van der Waals surface area (Å²) in [5.74, 6) is -3.62. The van der Waals surface area contributed by atoms with Crippen LogP contribution in [0.25, 0.3) is 0 Å². The molecule has 5 atom stereocenters. The molecule has 1 unspecified atom stereocenters. The van der Waals surface area contributed by atoms with E-state index >= 15 is 0 Å². The fraction of sp³-hybridized carbons (Fsp3) is 0.688. The largest absolute Gasteiger partial charge is 0.463 e. The molecule has 1 amide bonds. The number of primary amides is 1. The second-order valence-electron chi connectivity index (χ2n) is 5.84. The molecule has 1 heterocycles. The lowest BCUT2D eigenvalue weighted by atomic mass is 9.99. The summed E-state index contributed by atoms with van der Waals surface area (Å²) in [5, 5.41) is 0. The van der Waals surface area contributed by atoms with Crippen LogP contribution < -0.4 is 5.73 Å². The Kier molecular flexibility index (Phi) is 9.19. The topological polar surface area (TPSA) is 158 Å². The van der Waals surface area contributed by atoms with E-state index in [1.807, 2.05) is 0 Å². The molecule has 1 saturated heterocycles. The maximum Gasteiger partial charge on any atom is 0.303 e. The van der Waals surface area contributed by atoms with Crippen molar-refractivity contribution in [1.29, 1.82) is 0 Å². The van der Waals surface area contributed by atoms with Gasteiger partial charge in [-0.3, -0.25) is 24.0 Å². The van der Waals surface area contributed by atoms with Crippen LogP contribution >= 0.6 is 11.8 Å². The van der Waals surface area contributed by atoms with E-state index in [-0.39, 0.29) is 12.4 Å². The Bertz CT molecular complexity index is 581. The summed E-state index contributed by atoms with van der Waals surface area (Å²) in [6.07, 6.45) is -4.74. The number of carbonyl (C=O) groups excluding carboxylic acids is 5. The second-order valence-corrected chi connectivity index (χ2v) is 6.93. The summed E-state index contributed by atoms with van der Waals surface area (Å²) < 4.78 is 26.4. The zero-order chi connectivity index (χ0) is 21.4. The standard InChI is InChI=1S/C16H23NO10S/c1-7(18)23-5-11-13(24-8(2)19)14(25-9(3)20)15(26-10(4)21)16(27-11)28-6-12(17)22/h11,13-16H,5-6H2,1-4H3,(H2,17,22)/t11-,13+,14+,15-,16?/m1/s1. The molecule has 28 heavy (non-hydrogen) atoms. The first kappa shape index (κ1) is 23.7. The monoisotopic (exact) mass is 421 g/mol. The van der Waals surface area contributed by atoms with Crippen LogP contribution in [-0.4, -0.2) is 72.0 Å². The molecule has 0 spiro atoms. The molecule has 0 saturated carbocycles. The zero-order valence-electron chi connectivity index (χ0n) is 15.9. The third kappa shape index (κ3) is 7.72. The van der Waals surface area contributed by atoms with Crippen LogP contribution in [0.3, 0.4) is 0 Å². The van der Waals surface area contributed by atoms with Crippen LogP contribution in [0.2, 0.25) is 0 Å². The minimum atomic E-state index is -1.26. The van der Waals surface area contributed by atoms with Crippen LogP contribution in [0.4, 0.5) is 0 Å². The first-order chi connectivity index (χ1) is 13.0. The van der Waals surface area contributed by atoms with Crippen molar-refractivity contribution in [3.05, 3.63) is 0 Å². The van der Waals surface area contributed by atoms with Crippen molar-refractivity contribution in [1.82, 2.24) is 0 Å². The molecule has 0 radical (unpaired) electrons. The highest BCUT2D eigenvalue weighted by molar-refractivity contribution is 8.00. The Morgan fingerprint density at radius 2 is 1.32 bits per heavy atom. The van der Waals surface area contributed by atoms with Crippen molar-refractivity contribution < 1.29 is 47.7 Å². The van der Waals surface area contributed by atoms with Crippen molar-refractivity contribution >= 4 is 41.5 Å². The molecule has 12 heteroatoms. The van der Waals surface area contributed by atoms with E-state index in [4.69, 9.17) is 29.4 Å². The van der Waals surface area contributed by atoms with Gasteiger partial charge in [-0.25, -0.2) is 0 Å². The molecular formula is C16H23NO10S. The average molecular weight is 421 g/mol. The van der Waals surface area contributed by atoms with Gasteiger partial charge in [-0.05, 0) is 0 Å². The summed E-state index contributed by atoms with van der Waals surface area (Å²) in [4.78, 5) is 57.0. The smallest absolute Gasteiger partial charge is 0.303 e. The molecule has 1 aliphatic rings. The molecule has 11 nitrogen and oxygen atoms in total. The summed E-state index contributed by atoms with van der Waals surface area (Å²) in [6, 6.07) is 0. The lowest BCUT2D eigenvalue weighted by molar-refractivity contribution is -0.237. The van der Waals surface area contributed by atoms with E-state index in [1.165, 1.54) is 6.92 Å². The minimum absolute atomic E-state index is 0.187.